The van der Waals surface area contributed by atoms with Crippen LogP contribution < -0.4 is 0 Å². The van der Waals surface area contributed by atoms with Gasteiger partial charge in [0.05, 0.1) is 9.82 Å². The molecule has 138 valence electrons. The molecule has 3 rings (SSSR count). The lowest BCUT2D eigenvalue weighted by atomic mass is 10.2. The van der Waals surface area contributed by atoms with E-state index in [4.69, 9.17) is 0 Å². The number of aryl methyl sites for hydroxylation is 1. The summed E-state index contributed by atoms with van der Waals surface area (Å²) in [4.78, 5) is 10.6. The summed E-state index contributed by atoms with van der Waals surface area (Å²) in [5.74, 6) is 0.342. The topological polar surface area (TPSA) is 80.5 Å². The Labute approximate surface area is 153 Å². The summed E-state index contributed by atoms with van der Waals surface area (Å²) in [6, 6.07) is 13.4. The molecule has 0 bridgehead atoms. The van der Waals surface area contributed by atoms with E-state index >= 15 is 0 Å². The van der Waals surface area contributed by atoms with Crippen molar-refractivity contribution >= 4 is 15.7 Å². The zero-order chi connectivity index (χ0) is 18.9. The van der Waals surface area contributed by atoms with Gasteiger partial charge in [-0.1, -0.05) is 36.4 Å². The van der Waals surface area contributed by atoms with Crippen LogP contribution in [0.2, 0.25) is 0 Å². The Bertz CT molecular complexity index is 908. The third-order valence-electron chi connectivity index (χ3n) is 4.92. The Morgan fingerprint density at radius 3 is 2.42 bits per heavy atom. The monoisotopic (exact) mass is 374 g/mol. The molecule has 0 unspecified atom stereocenters. The van der Waals surface area contributed by atoms with Gasteiger partial charge in [-0.25, -0.2) is 8.42 Å². The van der Waals surface area contributed by atoms with Gasteiger partial charge in [-0.15, -0.1) is 0 Å². The lowest BCUT2D eigenvalue weighted by Crippen LogP contribution is -2.39. The minimum atomic E-state index is -3.85. The predicted molar refractivity (Wildman–Crippen MR) is 99.2 cm³/mol. The molecular weight excluding hydrogens is 352 g/mol. The van der Waals surface area contributed by atoms with Gasteiger partial charge in [0.15, 0.2) is 0 Å². The van der Waals surface area contributed by atoms with Crippen LogP contribution in [-0.4, -0.2) is 23.7 Å². The van der Waals surface area contributed by atoms with E-state index in [0.717, 1.165) is 18.4 Å². The van der Waals surface area contributed by atoms with Crippen molar-refractivity contribution in [1.82, 2.24) is 4.31 Å². The smallest absolute Gasteiger partial charge is 0.258 e. The molecule has 0 N–H and O–H groups in total. The van der Waals surface area contributed by atoms with Gasteiger partial charge in [0, 0.05) is 24.2 Å². The number of nitrogens with zero attached hydrogens (tertiary/aromatic N) is 2. The molecule has 26 heavy (non-hydrogen) atoms. The van der Waals surface area contributed by atoms with Gasteiger partial charge >= 0.3 is 0 Å². The van der Waals surface area contributed by atoms with Crippen LogP contribution in [0.3, 0.4) is 0 Å². The fourth-order valence-corrected chi connectivity index (χ4v) is 4.81. The van der Waals surface area contributed by atoms with E-state index in [0.29, 0.717) is 11.5 Å². The Morgan fingerprint density at radius 2 is 1.85 bits per heavy atom. The van der Waals surface area contributed by atoms with Crippen molar-refractivity contribution in [3.8, 4) is 0 Å². The molecule has 1 saturated carbocycles. The standard InChI is InChI=1S/C19H22N2O4S/c1-14-8-11-18(12-19(14)21(22)23)26(24,25)20(15(2)17-9-10-17)13-16-6-4-3-5-7-16/h3-8,11-12,15,17H,9-10,13H2,1-2H3/t15-/m1/s1. The molecule has 0 amide bonds. The maximum Gasteiger partial charge on any atom is 0.273 e. The van der Waals surface area contributed by atoms with Crippen LogP contribution in [0.4, 0.5) is 5.69 Å². The van der Waals surface area contributed by atoms with Gasteiger partial charge in [-0.05, 0) is 44.2 Å². The second-order valence-electron chi connectivity index (χ2n) is 6.82. The van der Waals surface area contributed by atoms with Crippen molar-refractivity contribution < 1.29 is 13.3 Å². The minimum Gasteiger partial charge on any atom is -0.258 e. The number of hydrogen-bond donors (Lipinski definition) is 0. The van der Waals surface area contributed by atoms with Crippen LogP contribution in [0.5, 0.6) is 0 Å². The third kappa shape index (κ3) is 3.78. The molecule has 2 aromatic rings. The molecule has 0 radical (unpaired) electrons. The predicted octanol–water partition coefficient (Wildman–Crippen LogP) is 3.89. The molecule has 6 nitrogen and oxygen atoms in total. The molecule has 2 aromatic carbocycles. The number of benzene rings is 2. The molecule has 1 atom stereocenters. The SMILES string of the molecule is Cc1ccc(S(=O)(=O)N(Cc2ccccc2)[C@H](C)C2CC2)cc1[N+](=O)[O-]. The van der Waals surface area contributed by atoms with E-state index in [9.17, 15) is 18.5 Å². The first-order valence-electron chi connectivity index (χ1n) is 8.61. The first-order valence-corrected chi connectivity index (χ1v) is 10.1. The van der Waals surface area contributed by atoms with E-state index in [2.05, 4.69) is 0 Å². The van der Waals surface area contributed by atoms with Crippen molar-refractivity contribution in [3.63, 3.8) is 0 Å². The lowest BCUT2D eigenvalue weighted by molar-refractivity contribution is -0.385. The van der Waals surface area contributed by atoms with E-state index in [1.54, 1.807) is 6.92 Å². The third-order valence-corrected chi connectivity index (χ3v) is 6.85. The van der Waals surface area contributed by atoms with Gasteiger partial charge in [-0.3, -0.25) is 10.1 Å². The molecule has 1 aliphatic rings. The van der Waals surface area contributed by atoms with Crippen molar-refractivity contribution in [3.05, 3.63) is 69.8 Å². The molecule has 0 heterocycles. The normalized spacial score (nSPS) is 15.8. The number of hydrogen-bond acceptors (Lipinski definition) is 4. The molecule has 0 aliphatic heterocycles. The zero-order valence-electron chi connectivity index (χ0n) is 14.8. The second kappa shape index (κ2) is 7.17. The van der Waals surface area contributed by atoms with Gasteiger partial charge in [0.2, 0.25) is 10.0 Å². The maximum absolute atomic E-state index is 13.3. The van der Waals surface area contributed by atoms with Gasteiger partial charge in [-0.2, -0.15) is 4.31 Å². The summed E-state index contributed by atoms with van der Waals surface area (Å²) in [6.07, 6.45) is 2.02. The van der Waals surface area contributed by atoms with Crippen molar-refractivity contribution in [2.45, 2.75) is 44.2 Å². The Kier molecular flexibility index (Phi) is 5.11. The number of nitro groups is 1. The minimum absolute atomic E-state index is 0.0294. The summed E-state index contributed by atoms with van der Waals surface area (Å²) in [5.41, 5.74) is 1.16. The highest BCUT2D eigenvalue weighted by molar-refractivity contribution is 7.89. The quantitative estimate of drug-likeness (QED) is 0.544. The lowest BCUT2D eigenvalue weighted by Gasteiger charge is -2.28. The highest BCUT2D eigenvalue weighted by Gasteiger charge is 2.38. The fraction of sp³-hybridized carbons (Fsp3) is 0.368. The zero-order valence-corrected chi connectivity index (χ0v) is 15.6. The molecule has 7 heteroatoms. The number of sulfonamides is 1. The van der Waals surface area contributed by atoms with Gasteiger partial charge in [0.1, 0.15) is 0 Å². The average molecular weight is 374 g/mol. The fourth-order valence-electron chi connectivity index (χ4n) is 3.11. The van der Waals surface area contributed by atoms with Crippen molar-refractivity contribution in [2.24, 2.45) is 5.92 Å². The number of nitro benzene ring substituents is 1. The molecule has 1 aliphatic carbocycles. The highest BCUT2D eigenvalue weighted by Crippen LogP contribution is 2.38. The molecule has 0 aromatic heterocycles. The second-order valence-corrected chi connectivity index (χ2v) is 8.71. The maximum atomic E-state index is 13.3. The molecular formula is C19H22N2O4S. The summed E-state index contributed by atoms with van der Waals surface area (Å²) in [5, 5.41) is 11.2. The van der Waals surface area contributed by atoms with Crippen molar-refractivity contribution in [1.29, 1.82) is 0 Å². The Hall–Kier alpha value is -2.25. The largest absolute Gasteiger partial charge is 0.273 e. The summed E-state index contributed by atoms with van der Waals surface area (Å²) in [7, 11) is -3.85. The van der Waals surface area contributed by atoms with E-state index in [1.807, 2.05) is 37.3 Å². The van der Waals surface area contributed by atoms with Crippen molar-refractivity contribution in [2.75, 3.05) is 0 Å². The van der Waals surface area contributed by atoms with Crippen LogP contribution in [0.1, 0.15) is 30.9 Å². The van der Waals surface area contributed by atoms with Crippen LogP contribution in [0.25, 0.3) is 0 Å². The van der Waals surface area contributed by atoms with Crippen LogP contribution >= 0.6 is 0 Å². The van der Waals surface area contributed by atoms with Crippen LogP contribution in [-0.2, 0) is 16.6 Å². The summed E-state index contributed by atoms with van der Waals surface area (Å²) >= 11 is 0. The van der Waals surface area contributed by atoms with E-state index in [-0.39, 0.29) is 23.2 Å². The van der Waals surface area contributed by atoms with E-state index < -0.39 is 14.9 Å². The van der Waals surface area contributed by atoms with E-state index in [1.165, 1.54) is 22.5 Å². The van der Waals surface area contributed by atoms with Crippen LogP contribution in [0.15, 0.2) is 53.4 Å². The summed E-state index contributed by atoms with van der Waals surface area (Å²) in [6.45, 7) is 3.77. The van der Waals surface area contributed by atoms with Gasteiger partial charge in [0.25, 0.3) is 5.69 Å². The number of rotatable bonds is 7. The molecule has 1 fully saturated rings. The Morgan fingerprint density at radius 1 is 1.19 bits per heavy atom. The average Bonchev–Trinajstić information content (AvgIpc) is 3.45. The molecule has 0 spiro atoms. The van der Waals surface area contributed by atoms with Gasteiger partial charge < -0.3 is 0 Å². The first-order chi connectivity index (χ1) is 12.3. The first kappa shape index (κ1) is 18.5. The Balaban J connectivity index is 2.01. The summed E-state index contributed by atoms with van der Waals surface area (Å²) < 4.78 is 28.1. The highest BCUT2D eigenvalue weighted by atomic mass is 32.2. The van der Waals surface area contributed by atoms with Crippen LogP contribution in [0, 0.1) is 23.0 Å². The molecule has 0 saturated heterocycles.